The second kappa shape index (κ2) is 6.47. The number of fused-ring (bicyclic) bond motifs is 5. The number of halogens is 2. The van der Waals surface area contributed by atoms with Crippen LogP contribution in [0.1, 0.15) is 53.4 Å². The minimum absolute atomic E-state index is 0.00123. The number of aliphatic hydroxyl groups is 1. The molecule has 0 amide bonds. The van der Waals surface area contributed by atoms with Gasteiger partial charge in [0, 0.05) is 23.2 Å². The highest BCUT2D eigenvalue weighted by atomic mass is 19.1. The van der Waals surface area contributed by atoms with Gasteiger partial charge in [-0.25, -0.2) is 8.78 Å². The minimum Gasteiger partial charge on any atom is -0.461 e. The molecule has 9 atom stereocenters. The third-order valence-electron chi connectivity index (χ3n) is 8.40. The minimum atomic E-state index is -2.08. The average Bonchev–Trinajstić information content (AvgIpc) is 2.90. The Hall–Kier alpha value is -1.56. The Morgan fingerprint density at radius 1 is 1.31 bits per heavy atom. The molecule has 3 saturated carbocycles. The van der Waals surface area contributed by atoms with Gasteiger partial charge in [0.1, 0.15) is 12.3 Å². The van der Waals surface area contributed by atoms with Crippen LogP contribution in [0.15, 0.2) is 23.8 Å². The second-order valence-corrected chi connectivity index (χ2v) is 9.92. The molecule has 0 saturated heterocycles. The molecule has 6 heteroatoms. The molecule has 0 aliphatic heterocycles. The normalized spacial score (nSPS) is 51.0. The summed E-state index contributed by atoms with van der Waals surface area (Å²) < 4.78 is 37.9. The van der Waals surface area contributed by atoms with Crippen molar-refractivity contribution in [1.29, 1.82) is 0 Å². The van der Waals surface area contributed by atoms with Gasteiger partial charge in [-0.05, 0) is 55.7 Å². The maximum atomic E-state index is 16.9. The zero-order valence-corrected chi connectivity index (χ0v) is 17.5. The monoisotopic (exact) mass is 408 g/mol. The van der Waals surface area contributed by atoms with Gasteiger partial charge < -0.3 is 9.84 Å². The first-order chi connectivity index (χ1) is 13.5. The molecular weight excluding hydrogens is 378 g/mol. The molecule has 0 aromatic carbocycles. The molecule has 0 bridgehead atoms. The largest absolute Gasteiger partial charge is 0.461 e. The van der Waals surface area contributed by atoms with Crippen LogP contribution < -0.4 is 0 Å². The Morgan fingerprint density at radius 2 is 2.00 bits per heavy atom. The molecule has 1 N–H and O–H groups in total. The molecule has 29 heavy (non-hydrogen) atoms. The number of hydrogen-bond acceptors (Lipinski definition) is 4. The van der Waals surface area contributed by atoms with E-state index in [1.54, 1.807) is 13.8 Å². The number of carbonyl (C=O) groups is 2. The zero-order chi connectivity index (χ0) is 21.4. The summed E-state index contributed by atoms with van der Waals surface area (Å²) in [7, 11) is 0. The fourth-order valence-corrected chi connectivity index (χ4v) is 7.00. The van der Waals surface area contributed by atoms with Crippen LogP contribution in [0.5, 0.6) is 0 Å². The predicted molar refractivity (Wildman–Crippen MR) is 103 cm³/mol. The SMILES string of the molecule is CCC(=O)O[C@H]1[C@H](C)C[C@H]2[C@@H]3C[C@H](F)C4=CC(=O)C=C[C@]4(C)[C@@]3(F)[C@@H](O)C[C@@]21C. The fraction of sp³-hybridized carbons (Fsp3) is 0.739. The highest BCUT2D eigenvalue weighted by molar-refractivity contribution is 6.01. The lowest BCUT2D eigenvalue weighted by Crippen LogP contribution is -2.68. The number of ketones is 1. The Labute approximate surface area is 170 Å². The van der Waals surface area contributed by atoms with Crippen molar-refractivity contribution in [2.75, 3.05) is 0 Å². The number of rotatable bonds is 2. The van der Waals surface area contributed by atoms with E-state index in [2.05, 4.69) is 0 Å². The summed E-state index contributed by atoms with van der Waals surface area (Å²) in [5.74, 6) is -1.60. The van der Waals surface area contributed by atoms with E-state index in [1.807, 2.05) is 13.8 Å². The van der Waals surface area contributed by atoms with E-state index < -0.39 is 40.8 Å². The lowest BCUT2D eigenvalue weighted by molar-refractivity contribution is -0.212. The average molecular weight is 408 g/mol. The molecule has 0 spiro atoms. The van der Waals surface area contributed by atoms with E-state index in [9.17, 15) is 14.7 Å². The summed E-state index contributed by atoms with van der Waals surface area (Å²) in [5.41, 5.74) is -3.93. The Kier molecular flexibility index (Phi) is 4.62. The third-order valence-corrected chi connectivity index (χ3v) is 8.40. The Bertz CT molecular complexity index is 807. The lowest BCUT2D eigenvalue weighted by Gasteiger charge is -2.62. The van der Waals surface area contributed by atoms with Crippen LogP contribution in [0.3, 0.4) is 0 Å². The van der Waals surface area contributed by atoms with Crippen molar-refractivity contribution in [2.45, 2.75) is 77.4 Å². The van der Waals surface area contributed by atoms with Crippen LogP contribution in [0.25, 0.3) is 0 Å². The quantitative estimate of drug-likeness (QED) is 0.705. The van der Waals surface area contributed by atoms with Crippen molar-refractivity contribution < 1.29 is 28.2 Å². The van der Waals surface area contributed by atoms with Crippen molar-refractivity contribution in [1.82, 2.24) is 0 Å². The number of carbonyl (C=O) groups excluding carboxylic acids is 2. The van der Waals surface area contributed by atoms with Gasteiger partial charge in [-0.15, -0.1) is 0 Å². The molecule has 4 rings (SSSR count). The number of ether oxygens (including phenoxy) is 1. The Morgan fingerprint density at radius 3 is 2.66 bits per heavy atom. The molecule has 4 aliphatic rings. The lowest BCUT2D eigenvalue weighted by atomic mass is 9.45. The smallest absolute Gasteiger partial charge is 0.305 e. The molecule has 4 aliphatic carbocycles. The van der Waals surface area contributed by atoms with Gasteiger partial charge in [-0.3, -0.25) is 9.59 Å². The molecule has 4 nitrogen and oxygen atoms in total. The van der Waals surface area contributed by atoms with Gasteiger partial charge in [0.25, 0.3) is 0 Å². The van der Waals surface area contributed by atoms with Crippen molar-refractivity contribution in [3.05, 3.63) is 23.8 Å². The van der Waals surface area contributed by atoms with Crippen molar-refractivity contribution in [2.24, 2.45) is 28.6 Å². The number of aliphatic hydroxyl groups excluding tert-OH is 1. The van der Waals surface area contributed by atoms with E-state index in [4.69, 9.17) is 4.74 Å². The summed E-state index contributed by atoms with van der Waals surface area (Å²) in [6.45, 7) is 7.24. The molecule has 160 valence electrons. The van der Waals surface area contributed by atoms with Crippen molar-refractivity contribution in [3.63, 3.8) is 0 Å². The van der Waals surface area contributed by atoms with Gasteiger partial charge in [0.2, 0.25) is 0 Å². The maximum absolute atomic E-state index is 16.9. The highest BCUT2D eigenvalue weighted by Gasteiger charge is 2.73. The topological polar surface area (TPSA) is 63.6 Å². The molecule has 0 radical (unpaired) electrons. The molecule has 0 heterocycles. The number of hydrogen-bond donors (Lipinski definition) is 1. The van der Waals surface area contributed by atoms with Crippen LogP contribution in [0.4, 0.5) is 8.78 Å². The standard InChI is InChI=1S/C23H30F2O4/c1-5-19(28)29-20-12(2)8-14-15-10-17(24)16-9-13(26)6-7-22(16,4)23(15,25)18(27)11-21(14,20)3/h6-7,9,12,14-15,17-18,20,27H,5,8,10-11H2,1-4H3/t12-,14+,15+,17+,18+,20+,21+,22+,23+/m1/s1. The fourth-order valence-electron chi connectivity index (χ4n) is 7.00. The van der Waals surface area contributed by atoms with Crippen molar-refractivity contribution in [3.8, 4) is 0 Å². The Balaban J connectivity index is 1.78. The molecule has 0 unspecified atom stereocenters. The molecule has 3 fully saturated rings. The van der Waals surface area contributed by atoms with Crippen LogP contribution in [0, 0.1) is 28.6 Å². The number of alkyl halides is 2. The van der Waals surface area contributed by atoms with E-state index in [0.717, 1.165) is 0 Å². The summed E-state index contributed by atoms with van der Waals surface area (Å²) in [5, 5.41) is 11.1. The summed E-state index contributed by atoms with van der Waals surface area (Å²) >= 11 is 0. The first-order valence-corrected chi connectivity index (χ1v) is 10.6. The van der Waals surface area contributed by atoms with Gasteiger partial charge in [0.05, 0.1) is 6.10 Å². The van der Waals surface area contributed by atoms with Crippen molar-refractivity contribution >= 4 is 11.8 Å². The van der Waals surface area contributed by atoms with E-state index in [0.29, 0.717) is 6.42 Å². The summed E-state index contributed by atoms with van der Waals surface area (Å²) in [4.78, 5) is 23.9. The third kappa shape index (κ3) is 2.57. The number of allylic oxidation sites excluding steroid dienone is 4. The van der Waals surface area contributed by atoms with E-state index in [1.165, 1.54) is 18.2 Å². The first kappa shape index (κ1) is 20.7. The second-order valence-electron chi connectivity index (χ2n) is 9.92. The van der Waals surface area contributed by atoms with Crippen LogP contribution in [0.2, 0.25) is 0 Å². The van der Waals surface area contributed by atoms with Crippen LogP contribution in [-0.2, 0) is 14.3 Å². The van der Waals surface area contributed by atoms with Gasteiger partial charge >= 0.3 is 5.97 Å². The summed E-state index contributed by atoms with van der Waals surface area (Å²) in [6.07, 6.45) is 1.65. The van der Waals surface area contributed by atoms with Gasteiger partial charge in [-0.2, -0.15) is 0 Å². The maximum Gasteiger partial charge on any atom is 0.305 e. The van der Waals surface area contributed by atoms with Crippen LogP contribution >= 0.6 is 0 Å². The first-order valence-electron chi connectivity index (χ1n) is 10.6. The number of esters is 1. The van der Waals surface area contributed by atoms with Gasteiger partial charge in [0.15, 0.2) is 11.5 Å². The predicted octanol–water partition coefficient (Wildman–Crippen LogP) is 3.87. The van der Waals surface area contributed by atoms with Gasteiger partial charge in [-0.1, -0.05) is 26.8 Å². The molecular formula is C23H30F2O4. The molecule has 0 aromatic heterocycles. The highest BCUT2D eigenvalue weighted by Crippen LogP contribution is 2.69. The molecule has 0 aromatic rings. The van der Waals surface area contributed by atoms with E-state index in [-0.39, 0.29) is 48.4 Å². The van der Waals surface area contributed by atoms with Crippen LogP contribution in [-0.4, -0.2) is 40.9 Å². The summed E-state index contributed by atoms with van der Waals surface area (Å²) in [6, 6.07) is 0. The van der Waals surface area contributed by atoms with E-state index >= 15 is 8.78 Å². The zero-order valence-electron chi connectivity index (χ0n) is 17.5.